The summed E-state index contributed by atoms with van der Waals surface area (Å²) in [7, 11) is -4.03. The number of carbonyl (C=O) groups is 4. The Balaban J connectivity index is 1.25. The minimum absolute atomic E-state index is 0.0652. The van der Waals surface area contributed by atoms with Crippen LogP contribution in [0.15, 0.2) is 36.4 Å². The molecule has 15 heteroatoms. The van der Waals surface area contributed by atoms with E-state index in [-0.39, 0.29) is 38.0 Å². The van der Waals surface area contributed by atoms with Crippen LogP contribution >= 0.6 is 0 Å². The van der Waals surface area contributed by atoms with Crippen molar-refractivity contribution in [3.8, 4) is 5.75 Å². The topological polar surface area (TPSA) is 161 Å². The van der Waals surface area contributed by atoms with Crippen LogP contribution in [0.4, 0.5) is 8.78 Å². The molecule has 2 aromatic rings. The lowest BCUT2D eigenvalue weighted by Crippen LogP contribution is -2.57. The van der Waals surface area contributed by atoms with Gasteiger partial charge in [-0.25, -0.2) is 22.2 Å². The van der Waals surface area contributed by atoms with Gasteiger partial charge < -0.3 is 19.7 Å². The number of nitrogens with zero attached hydrogens (tertiary/aromatic N) is 2. The van der Waals surface area contributed by atoms with E-state index in [2.05, 4.69) is 15.0 Å². The first-order valence-electron chi connectivity index (χ1n) is 19.0. The van der Waals surface area contributed by atoms with Gasteiger partial charge in [0.25, 0.3) is 12.3 Å². The molecule has 0 bridgehead atoms. The van der Waals surface area contributed by atoms with E-state index in [9.17, 15) is 36.4 Å². The highest BCUT2D eigenvalue weighted by Crippen LogP contribution is 2.50. The molecule has 3 fully saturated rings. The molecule has 2 aliphatic carbocycles. The van der Waals surface area contributed by atoms with Gasteiger partial charge in [0.05, 0.1) is 29.3 Å². The molecule has 0 radical (unpaired) electrons. The Labute approximate surface area is 313 Å². The number of hydrogen-bond acceptors (Lipinski definition) is 9. The number of ether oxygens (including phenoxy) is 2. The molecule has 1 spiro atoms. The fourth-order valence-corrected chi connectivity index (χ4v) is 9.61. The summed E-state index contributed by atoms with van der Waals surface area (Å²) in [5.41, 5.74) is -2.39. The lowest BCUT2D eigenvalue weighted by Gasteiger charge is -2.37. The quantitative estimate of drug-likeness (QED) is 0.285. The fraction of sp³-hybridized carbons (Fsp3) is 0.615. The normalized spacial score (nSPS) is 30.0. The molecule has 4 heterocycles. The Kier molecular flexibility index (Phi) is 10.0. The third kappa shape index (κ3) is 7.19. The van der Waals surface area contributed by atoms with E-state index in [0.717, 1.165) is 12.8 Å². The van der Waals surface area contributed by atoms with E-state index >= 15 is 0 Å². The number of aryl methyl sites for hydroxylation is 1. The first-order valence-corrected chi connectivity index (χ1v) is 20.5. The van der Waals surface area contributed by atoms with Crippen molar-refractivity contribution < 1.29 is 45.9 Å². The molecule has 12 nitrogen and oxygen atoms in total. The van der Waals surface area contributed by atoms with E-state index in [0.29, 0.717) is 55.0 Å². The van der Waals surface area contributed by atoms with Gasteiger partial charge >= 0.3 is 5.97 Å². The molecular weight excluding hydrogens is 723 g/mol. The minimum atomic E-state index is -4.03. The second kappa shape index (κ2) is 14.2. The zero-order valence-electron chi connectivity index (χ0n) is 30.9. The summed E-state index contributed by atoms with van der Waals surface area (Å²) in [4.78, 5) is 61.6. The van der Waals surface area contributed by atoms with Gasteiger partial charge in [-0.2, -0.15) is 0 Å². The number of amides is 3. The number of allylic oxidation sites excluding steroid dienone is 1. The van der Waals surface area contributed by atoms with E-state index in [4.69, 9.17) is 9.47 Å². The summed E-state index contributed by atoms with van der Waals surface area (Å²) in [5.74, 6) is -3.96. The van der Waals surface area contributed by atoms with E-state index < -0.39 is 85.7 Å². The molecule has 1 aromatic carbocycles. The van der Waals surface area contributed by atoms with Gasteiger partial charge in [0.2, 0.25) is 21.8 Å². The number of benzene rings is 1. The maximum Gasteiger partial charge on any atom is 0.306 e. The van der Waals surface area contributed by atoms with Gasteiger partial charge in [0.1, 0.15) is 22.9 Å². The number of carbonyl (C=O) groups excluding carboxylic acids is 4. The van der Waals surface area contributed by atoms with Crippen LogP contribution < -0.4 is 14.8 Å². The number of nitrogens with one attached hydrogen (secondary N) is 2. The van der Waals surface area contributed by atoms with E-state index in [1.54, 1.807) is 45.0 Å². The summed E-state index contributed by atoms with van der Waals surface area (Å²) < 4.78 is 68.6. The average molecular weight is 771 g/mol. The van der Waals surface area contributed by atoms with Crippen molar-refractivity contribution >= 4 is 44.6 Å². The molecule has 292 valence electrons. The third-order valence-electron chi connectivity index (χ3n) is 11.8. The Morgan fingerprint density at radius 3 is 2.59 bits per heavy atom. The number of pyridine rings is 1. The zero-order valence-corrected chi connectivity index (χ0v) is 31.7. The maximum absolute atomic E-state index is 14.6. The van der Waals surface area contributed by atoms with Gasteiger partial charge in [-0.3, -0.25) is 23.9 Å². The average Bonchev–Trinajstić information content (AvgIpc) is 4.00. The molecule has 54 heavy (non-hydrogen) atoms. The Morgan fingerprint density at radius 1 is 1.11 bits per heavy atom. The molecule has 3 aliphatic heterocycles. The number of halogens is 2. The smallest absolute Gasteiger partial charge is 0.306 e. The van der Waals surface area contributed by atoms with Crippen LogP contribution in [0.3, 0.4) is 0 Å². The lowest BCUT2D eigenvalue weighted by atomic mass is 9.87. The predicted molar refractivity (Wildman–Crippen MR) is 194 cm³/mol. The predicted octanol–water partition coefficient (Wildman–Crippen LogP) is 5.19. The number of aromatic nitrogens is 1. The van der Waals surface area contributed by atoms with Crippen molar-refractivity contribution in [2.75, 3.05) is 6.54 Å². The first-order chi connectivity index (χ1) is 25.6. The highest BCUT2D eigenvalue weighted by molar-refractivity contribution is 7.91. The van der Waals surface area contributed by atoms with Crippen LogP contribution in [0, 0.1) is 11.8 Å². The van der Waals surface area contributed by atoms with Crippen molar-refractivity contribution in [1.29, 1.82) is 0 Å². The van der Waals surface area contributed by atoms with Crippen LogP contribution in [0.5, 0.6) is 5.75 Å². The van der Waals surface area contributed by atoms with Crippen molar-refractivity contribution in [2.24, 2.45) is 11.8 Å². The second-order valence-electron chi connectivity index (χ2n) is 16.3. The molecule has 0 unspecified atom stereocenters. The molecule has 2 saturated carbocycles. The number of esters is 1. The zero-order chi connectivity index (χ0) is 38.6. The minimum Gasteiger partial charge on any atom is -0.483 e. The molecule has 1 aromatic heterocycles. The molecule has 5 atom stereocenters. The number of hydrogen-bond donors (Lipinski definition) is 2. The standard InChI is InChI=1S/C39H48F2N4O8S/c1-23(2)52-30(46)19-24-11-7-5-4-6-8-12-25-20-39(25,36(49)44-54(50,51)37(3)17-18-37)43-34(47)29-21-38(22-45(29)35(24)48)16-15-27-26-13-9-10-14-28(26)42-31(33(40)41)32(27)53-38/h8-10,12-14,23-25,29,33H,4-7,11,15-22H2,1-3H3,(H,43,47)(H,44,49)/b12-8-/t24-,25-,29+,38-,39-/m1/s1. The maximum atomic E-state index is 14.6. The monoisotopic (exact) mass is 770 g/mol. The van der Waals surface area contributed by atoms with Gasteiger partial charge in [0.15, 0.2) is 5.75 Å². The van der Waals surface area contributed by atoms with Crippen LogP contribution in [-0.4, -0.2) is 76.6 Å². The number of para-hydroxylation sites is 1. The summed E-state index contributed by atoms with van der Waals surface area (Å²) in [6.45, 7) is 4.86. The van der Waals surface area contributed by atoms with Crippen LogP contribution in [0.1, 0.15) is 109 Å². The highest BCUT2D eigenvalue weighted by atomic mass is 32.2. The fourth-order valence-electron chi connectivity index (χ4n) is 8.30. The number of fused-ring (bicyclic) bond motifs is 5. The van der Waals surface area contributed by atoms with E-state index in [1.807, 2.05) is 12.2 Å². The molecular formula is C39H48F2N4O8S. The van der Waals surface area contributed by atoms with Crippen molar-refractivity contribution in [3.63, 3.8) is 0 Å². The Hall–Kier alpha value is -4.14. The lowest BCUT2D eigenvalue weighted by molar-refractivity contribution is -0.153. The molecule has 1 saturated heterocycles. The number of alkyl halides is 2. The molecule has 3 amide bonds. The van der Waals surface area contributed by atoms with Gasteiger partial charge in [0, 0.05) is 29.2 Å². The van der Waals surface area contributed by atoms with Gasteiger partial charge in [-0.15, -0.1) is 0 Å². The van der Waals surface area contributed by atoms with Crippen molar-refractivity contribution in [3.05, 3.63) is 47.7 Å². The molecule has 7 rings (SSSR count). The van der Waals surface area contributed by atoms with Crippen LogP contribution in [-0.2, 0) is 40.4 Å². The second-order valence-corrected chi connectivity index (χ2v) is 18.5. The highest BCUT2D eigenvalue weighted by Gasteiger charge is 2.64. The van der Waals surface area contributed by atoms with Crippen LogP contribution in [0.25, 0.3) is 10.9 Å². The van der Waals surface area contributed by atoms with Crippen LogP contribution in [0.2, 0.25) is 0 Å². The molecule has 2 N–H and O–H groups in total. The van der Waals surface area contributed by atoms with Crippen molar-refractivity contribution in [1.82, 2.24) is 19.9 Å². The first kappa shape index (κ1) is 38.1. The summed E-state index contributed by atoms with van der Waals surface area (Å²) >= 11 is 0. The number of sulfonamides is 1. The van der Waals surface area contributed by atoms with Crippen molar-refractivity contribution in [2.45, 2.75) is 132 Å². The number of rotatable bonds is 7. The van der Waals surface area contributed by atoms with Gasteiger partial charge in [-0.05, 0) is 78.2 Å². The Bertz CT molecular complexity index is 2000. The third-order valence-corrected chi connectivity index (χ3v) is 14.0. The van der Waals surface area contributed by atoms with E-state index in [1.165, 1.54) is 4.90 Å². The summed E-state index contributed by atoms with van der Waals surface area (Å²) in [6.07, 6.45) is 4.86. The summed E-state index contributed by atoms with van der Waals surface area (Å²) in [6, 6.07) is 5.75. The van der Waals surface area contributed by atoms with Gasteiger partial charge in [-0.1, -0.05) is 43.2 Å². The Morgan fingerprint density at radius 2 is 1.87 bits per heavy atom. The largest absolute Gasteiger partial charge is 0.483 e. The molecule has 5 aliphatic rings. The SMILES string of the molecule is CC(C)OC(=O)C[C@H]1CCCCC/C=C\[C@@H]2C[C@@]2(C(=O)NS(=O)(=O)C2(C)CC2)NC(=O)[C@@H]2C[C@]3(CCc4c(c(C(F)F)nc5ccccc45)O3)CN2C1=O. The summed E-state index contributed by atoms with van der Waals surface area (Å²) in [5, 5.41) is 3.53.